The van der Waals surface area contributed by atoms with Gasteiger partial charge in [-0.25, -0.2) is 0 Å². The van der Waals surface area contributed by atoms with Crippen LogP contribution >= 0.6 is 0 Å². The van der Waals surface area contributed by atoms with Crippen LogP contribution in [0.15, 0.2) is 28.9 Å². The van der Waals surface area contributed by atoms with E-state index in [1.165, 1.54) is 24.5 Å². The van der Waals surface area contributed by atoms with Gasteiger partial charge in [-0.05, 0) is 26.0 Å². The van der Waals surface area contributed by atoms with Gasteiger partial charge >= 0.3 is 6.01 Å². The molecule has 2 N–H and O–H groups in total. The molecule has 8 heteroatoms. The summed E-state index contributed by atoms with van der Waals surface area (Å²) in [6, 6.07) is 4.17. The van der Waals surface area contributed by atoms with E-state index in [1.807, 2.05) is 6.92 Å². The molecule has 21 heavy (non-hydrogen) atoms. The van der Waals surface area contributed by atoms with Crippen LogP contribution in [0.25, 0.3) is 0 Å². The molecule has 0 atom stereocenters. The highest BCUT2D eigenvalue weighted by atomic mass is 16.6. The minimum atomic E-state index is -0.503. The Labute approximate surface area is 120 Å². The first-order chi connectivity index (χ1) is 10.0. The highest BCUT2D eigenvalue weighted by Crippen LogP contribution is 2.25. The third kappa shape index (κ3) is 3.35. The zero-order chi connectivity index (χ0) is 15.4. The highest BCUT2D eigenvalue weighted by molar-refractivity contribution is 6.04. The van der Waals surface area contributed by atoms with E-state index in [2.05, 4.69) is 15.6 Å². The normalized spacial score (nSPS) is 10.2. The lowest BCUT2D eigenvalue weighted by Crippen LogP contribution is -2.13. The smallest absolute Gasteiger partial charge is 0.301 e. The lowest BCUT2D eigenvalue weighted by Gasteiger charge is -2.07. The molecule has 0 saturated heterocycles. The minimum Gasteiger partial charge on any atom is -0.432 e. The molecule has 1 aromatic carbocycles. The molecule has 0 spiro atoms. The lowest BCUT2D eigenvalue weighted by molar-refractivity contribution is -0.384. The van der Waals surface area contributed by atoms with E-state index in [4.69, 9.17) is 4.42 Å². The number of anilines is 2. The molecule has 1 heterocycles. The second-order valence-electron chi connectivity index (χ2n) is 4.27. The van der Waals surface area contributed by atoms with Gasteiger partial charge in [-0.2, -0.15) is 4.98 Å². The second kappa shape index (κ2) is 6.04. The van der Waals surface area contributed by atoms with Crippen molar-refractivity contribution in [2.45, 2.75) is 13.8 Å². The molecule has 0 unspecified atom stereocenters. The first kappa shape index (κ1) is 14.5. The van der Waals surface area contributed by atoms with Crippen LogP contribution < -0.4 is 10.6 Å². The van der Waals surface area contributed by atoms with E-state index in [0.717, 1.165) is 0 Å². The number of nitro benzene ring substituents is 1. The first-order valence-corrected chi connectivity index (χ1v) is 6.27. The van der Waals surface area contributed by atoms with Gasteiger partial charge in [0.25, 0.3) is 11.6 Å². The van der Waals surface area contributed by atoms with E-state index < -0.39 is 10.8 Å². The van der Waals surface area contributed by atoms with E-state index >= 15 is 0 Å². The fraction of sp³-hybridized carbons (Fsp3) is 0.231. The van der Waals surface area contributed by atoms with Crippen molar-refractivity contribution in [3.63, 3.8) is 0 Å². The van der Waals surface area contributed by atoms with Crippen molar-refractivity contribution in [2.75, 3.05) is 17.2 Å². The van der Waals surface area contributed by atoms with Crippen LogP contribution in [0.5, 0.6) is 0 Å². The number of aromatic nitrogens is 1. The van der Waals surface area contributed by atoms with Crippen LogP contribution in [-0.2, 0) is 0 Å². The van der Waals surface area contributed by atoms with Crippen molar-refractivity contribution in [1.82, 2.24) is 4.98 Å². The van der Waals surface area contributed by atoms with Gasteiger partial charge in [-0.15, -0.1) is 0 Å². The van der Waals surface area contributed by atoms with Crippen LogP contribution in [0.3, 0.4) is 0 Å². The fourth-order valence-corrected chi connectivity index (χ4v) is 1.75. The summed E-state index contributed by atoms with van der Waals surface area (Å²) in [6.07, 6.45) is 1.41. The van der Waals surface area contributed by atoms with E-state index in [1.54, 1.807) is 6.92 Å². The molecule has 0 saturated carbocycles. The summed E-state index contributed by atoms with van der Waals surface area (Å²) < 4.78 is 5.03. The van der Waals surface area contributed by atoms with Crippen LogP contribution in [0.4, 0.5) is 17.4 Å². The largest absolute Gasteiger partial charge is 0.432 e. The third-order valence-corrected chi connectivity index (χ3v) is 2.66. The number of benzene rings is 1. The summed E-state index contributed by atoms with van der Waals surface area (Å²) in [4.78, 5) is 26.4. The summed E-state index contributed by atoms with van der Waals surface area (Å²) in [5.74, 6) is -0.453. The van der Waals surface area contributed by atoms with Crippen molar-refractivity contribution in [3.05, 3.63) is 45.8 Å². The number of nitro groups is 1. The van der Waals surface area contributed by atoms with Crippen LogP contribution in [0, 0.1) is 17.0 Å². The average Bonchev–Trinajstić information content (AvgIpc) is 2.84. The van der Waals surface area contributed by atoms with Crippen molar-refractivity contribution >= 4 is 23.3 Å². The lowest BCUT2D eigenvalue weighted by atomic mass is 10.1. The number of nitrogens with one attached hydrogen (secondary N) is 2. The Morgan fingerprint density at radius 1 is 1.48 bits per heavy atom. The van der Waals surface area contributed by atoms with Crippen molar-refractivity contribution < 1.29 is 14.1 Å². The van der Waals surface area contributed by atoms with Gasteiger partial charge < -0.3 is 9.73 Å². The van der Waals surface area contributed by atoms with E-state index in [9.17, 15) is 14.9 Å². The summed E-state index contributed by atoms with van der Waals surface area (Å²) >= 11 is 0. The zero-order valence-corrected chi connectivity index (χ0v) is 11.5. The Morgan fingerprint density at radius 3 is 2.81 bits per heavy atom. The minimum absolute atomic E-state index is 0.0830. The maximum Gasteiger partial charge on any atom is 0.301 e. The number of carbonyl (C=O) groups excluding carboxylic acids is 1. The van der Waals surface area contributed by atoms with Crippen LogP contribution in [0.1, 0.15) is 23.0 Å². The monoisotopic (exact) mass is 290 g/mol. The Morgan fingerprint density at radius 2 is 2.24 bits per heavy atom. The molecule has 1 amide bonds. The van der Waals surface area contributed by atoms with Gasteiger partial charge in [0.1, 0.15) is 12.0 Å². The zero-order valence-electron chi connectivity index (χ0n) is 11.5. The van der Waals surface area contributed by atoms with Gasteiger partial charge in [0, 0.05) is 18.2 Å². The van der Waals surface area contributed by atoms with Crippen molar-refractivity contribution in [1.29, 1.82) is 0 Å². The molecule has 1 aromatic heterocycles. The predicted molar refractivity (Wildman–Crippen MR) is 76.5 cm³/mol. The Bertz CT molecular complexity index is 681. The molecule has 2 rings (SSSR count). The number of hydrogen-bond acceptors (Lipinski definition) is 6. The van der Waals surface area contributed by atoms with Crippen molar-refractivity contribution in [2.24, 2.45) is 0 Å². The molecule has 0 aliphatic carbocycles. The fourth-order valence-electron chi connectivity index (χ4n) is 1.75. The standard InChI is InChI=1S/C13H14N4O4/c1-3-14-10-6-9(4-5-11(10)17(19)20)12(18)16-13-15-8(2)7-21-13/h4-7,14H,3H2,1-2H3,(H,15,16,18). The second-order valence-corrected chi connectivity index (χ2v) is 4.27. The van der Waals surface area contributed by atoms with Gasteiger partial charge in [0.05, 0.1) is 10.6 Å². The molecule has 0 bridgehead atoms. The van der Waals surface area contributed by atoms with Gasteiger partial charge in [-0.3, -0.25) is 20.2 Å². The van der Waals surface area contributed by atoms with Gasteiger partial charge in [0.2, 0.25) is 0 Å². The molecule has 0 aliphatic heterocycles. The maximum atomic E-state index is 12.1. The van der Waals surface area contributed by atoms with Gasteiger partial charge in [-0.1, -0.05) is 0 Å². The predicted octanol–water partition coefficient (Wildman–Crippen LogP) is 2.58. The quantitative estimate of drug-likeness (QED) is 0.646. The molecule has 2 aromatic rings. The third-order valence-electron chi connectivity index (χ3n) is 2.66. The maximum absolute atomic E-state index is 12.1. The Kier molecular flexibility index (Phi) is 4.17. The summed E-state index contributed by atoms with van der Waals surface area (Å²) in [5, 5.41) is 16.3. The van der Waals surface area contributed by atoms with Crippen LogP contribution in [0.2, 0.25) is 0 Å². The molecular weight excluding hydrogens is 276 g/mol. The number of amides is 1. The Hall–Kier alpha value is -2.90. The topological polar surface area (TPSA) is 110 Å². The molecular formula is C13H14N4O4. The summed E-state index contributed by atoms with van der Waals surface area (Å²) in [5.41, 5.74) is 1.12. The van der Waals surface area contributed by atoms with Crippen LogP contribution in [-0.4, -0.2) is 22.4 Å². The molecule has 0 radical (unpaired) electrons. The first-order valence-electron chi connectivity index (χ1n) is 6.27. The summed E-state index contributed by atoms with van der Waals surface area (Å²) in [6.45, 7) is 4.05. The molecule has 0 fully saturated rings. The number of hydrogen-bond donors (Lipinski definition) is 2. The molecule has 0 aliphatic rings. The number of nitrogens with zero attached hydrogens (tertiary/aromatic N) is 2. The number of carbonyl (C=O) groups is 1. The van der Waals surface area contributed by atoms with Gasteiger partial charge in [0.15, 0.2) is 0 Å². The van der Waals surface area contributed by atoms with E-state index in [-0.39, 0.29) is 17.3 Å². The SMILES string of the molecule is CCNc1cc(C(=O)Nc2nc(C)co2)ccc1[N+](=O)[O-]. The summed E-state index contributed by atoms with van der Waals surface area (Å²) in [7, 11) is 0. The van der Waals surface area contributed by atoms with E-state index in [0.29, 0.717) is 17.9 Å². The molecule has 110 valence electrons. The number of rotatable bonds is 5. The van der Waals surface area contributed by atoms with Crippen molar-refractivity contribution in [3.8, 4) is 0 Å². The Balaban J connectivity index is 2.24. The highest BCUT2D eigenvalue weighted by Gasteiger charge is 2.17. The average molecular weight is 290 g/mol. The number of oxazole rings is 1. The number of aryl methyl sites for hydroxylation is 1. The molecule has 8 nitrogen and oxygen atoms in total.